The Kier molecular flexibility index (Phi) is 2.87. The Balaban J connectivity index is 2.11. The molecule has 2 aromatic heterocycles. The van der Waals surface area contributed by atoms with Gasteiger partial charge < -0.3 is 10.0 Å². The molecule has 0 saturated carbocycles. The van der Waals surface area contributed by atoms with Crippen molar-refractivity contribution in [2.24, 2.45) is 0 Å². The van der Waals surface area contributed by atoms with Crippen LogP contribution in [-0.4, -0.2) is 14.1 Å². The van der Waals surface area contributed by atoms with Gasteiger partial charge in [0.1, 0.15) is 0 Å². The van der Waals surface area contributed by atoms with Crippen molar-refractivity contribution in [1.82, 2.24) is 0 Å². The molecule has 2 heterocycles. The van der Waals surface area contributed by atoms with Crippen molar-refractivity contribution >= 4 is 21.9 Å². The lowest BCUT2D eigenvalue weighted by Crippen LogP contribution is -2.22. The molecule has 19 heavy (non-hydrogen) atoms. The number of fused-ring (bicyclic) bond motifs is 1. The molecular formula is C15H14N2OS. The topological polar surface area (TPSA) is 30.4 Å². The molecule has 1 aromatic carbocycles. The number of rotatable bonds is 2. The van der Waals surface area contributed by atoms with E-state index >= 15 is 0 Å². The molecule has 0 bridgehead atoms. The van der Waals surface area contributed by atoms with Crippen molar-refractivity contribution in [3.8, 4) is 16.3 Å². The molecule has 0 atom stereocenters. The quantitative estimate of drug-likeness (QED) is 0.669. The van der Waals surface area contributed by atoms with Gasteiger partial charge in [0.05, 0.1) is 4.88 Å². The normalized spacial score (nSPS) is 10.8. The van der Waals surface area contributed by atoms with Gasteiger partial charge in [-0.3, -0.25) is 0 Å². The van der Waals surface area contributed by atoms with Crippen LogP contribution in [0.4, 0.5) is 5.69 Å². The van der Waals surface area contributed by atoms with Gasteiger partial charge >= 0.3 is 0 Å². The van der Waals surface area contributed by atoms with E-state index in [9.17, 15) is 5.11 Å². The molecule has 0 aliphatic carbocycles. The molecule has 0 amide bonds. The lowest BCUT2D eigenvalue weighted by atomic mass is 10.2. The highest BCUT2D eigenvalue weighted by Crippen LogP contribution is 2.33. The van der Waals surface area contributed by atoms with Gasteiger partial charge in [-0.2, -0.15) is 4.40 Å². The molecule has 0 aliphatic rings. The molecule has 0 radical (unpaired) electrons. The summed E-state index contributed by atoms with van der Waals surface area (Å²) in [7, 11) is 4.01. The molecule has 4 heteroatoms. The first-order chi connectivity index (χ1) is 9.16. The van der Waals surface area contributed by atoms with Gasteiger partial charge in [0, 0.05) is 31.9 Å². The summed E-state index contributed by atoms with van der Waals surface area (Å²) in [6.07, 6.45) is 1.81. The standard InChI is InChI=1S/C15H14N2OS/c1-16(2)12-8-6-11(7-9-12)14-15(18)17-10-4-3-5-13(17)19-14/h3-10H,1-2H3. The van der Waals surface area contributed by atoms with E-state index in [1.807, 2.05) is 67.7 Å². The third-order valence-corrected chi connectivity index (χ3v) is 4.24. The fraction of sp³-hybridized carbons (Fsp3) is 0.133. The number of hydrogen-bond acceptors (Lipinski definition) is 3. The first kappa shape index (κ1) is 12.0. The molecule has 3 nitrogen and oxygen atoms in total. The van der Waals surface area contributed by atoms with Crippen LogP contribution in [0.15, 0.2) is 48.7 Å². The fourth-order valence-electron chi connectivity index (χ4n) is 2.03. The number of nitrogens with zero attached hydrogens (tertiary/aromatic N) is 2. The van der Waals surface area contributed by atoms with Gasteiger partial charge in [-0.1, -0.05) is 23.5 Å². The van der Waals surface area contributed by atoms with E-state index in [4.69, 9.17) is 0 Å². The summed E-state index contributed by atoms with van der Waals surface area (Å²) in [5.74, 6) is 0.0539. The van der Waals surface area contributed by atoms with Crippen molar-refractivity contribution in [2.75, 3.05) is 19.0 Å². The van der Waals surface area contributed by atoms with E-state index in [1.165, 1.54) is 11.3 Å². The lowest BCUT2D eigenvalue weighted by Gasteiger charge is -2.12. The van der Waals surface area contributed by atoms with E-state index in [1.54, 1.807) is 4.40 Å². The number of pyridine rings is 1. The maximum absolute atomic E-state index is 12.3. The Hall–Kier alpha value is -2.07. The average Bonchev–Trinajstić information content (AvgIpc) is 2.77. The molecule has 0 aliphatic heterocycles. The molecular weight excluding hydrogens is 256 g/mol. The highest BCUT2D eigenvalue weighted by molar-refractivity contribution is 7.20. The van der Waals surface area contributed by atoms with Gasteiger partial charge in [-0.25, -0.2) is 0 Å². The van der Waals surface area contributed by atoms with Gasteiger partial charge in [0.15, 0.2) is 12.1 Å². The van der Waals surface area contributed by atoms with E-state index in [2.05, 4.69) is 0 Å². The van der Waals surface area contributed by atoms with E-state index in [0.29, 0.717) is 0 Å². The number of aromatic nitrogens is 1. The minimum atomic E-state index is 0.0539. The highest BCUT2D eigenvalue weighted by Gasteiger charge is 2.14. The maximum atomic E-state index is 12.3. The van der Waals surface area contributed by atoms with E-state index < -0.39 is 0 Å². The van der Waals surface area contributed by atoms with Crippen molar-refractivity contribution in [1.29, 1.82) is 0 Å². The zero-order valence-corrected chi connectivity index (χ0v) is 11.6. The molecule has 3 rings (SSSR count). The number of hydrogen-bond donors (Lipinski definition) is 0. The predicted octanol–water partition coefficient (Wildman–Crippen LogP) is 2.29. The average molecular weight is 270 g/mol. The Morgan fingerprint density at radius 2 is 1.79 bits per heavy atom. The molecule has 0 spiro atoms. The monoisotopic (exact) mass is 270 g/mol. The van der Waals surface area contributed by atoms with Gasteiger partial charge in [-0.15, -0.1) is 0 Å². The molecule has 0 saturated heterocycles. The number of thiazole rings is 1. The Morgan fingerprint density at radius 3 is 2.42 bits per heavy atom. The van der Waals surface area contributed by atoms with Crippen LogP contribution in [0.5, 0.6) is 5.88 Å². The lowest BCUT2D eigenvalue weighted by molar-refractivity contribution is -0.580. The molecule has 0 N–H and O–H groups in total. The molecule has 3 aromatic rings. The van der Waals surface area contributed by atoms with Crippen molar-refractivity contribution in [2.45, 2.75) is 0 Å². The molecule has 96 valence electrons. The number of anilines is 1. The van der Waals surface area contributed by atoms with Gasteiger partial charge in [-0.05, 0) is 23.8 Å². The Labute approximate surface area is 116 Å². The predicted molar refractivity (Wildman–Crippen MR) is 76.7 cm³/mol. The van der Waals surface area contributed by atoms with E-state index in [-0.39, 0.29) is 5.88 Å². The summed E-state index contributed by atoms with van der Waals surface area (Å²) in [6.45, 7) is 0. The zero-order valence-electron chi connectivity index (χ0n) is 10.8. The second kappa shape index (κ2) is 4.55. The summed E-state index contributed by atoms with van der Waals surface area (Å²) < 4.78 is 1.69. The summed E-state index contributed by atoms with van der Waals surface area (Å²) in [4.78, 5) is 3.80. The van der Waals surface area contributed by atoms with Crippen LogP contribution >= 0.6 is 11.3 Å². The van der Waals surface area contributed by atoms with Crippen LogP contribution in [0.1, 0.15) is 0 Å². The minimum absolute atomic E-state index is 0.0539. The first-order valence-electron chi connectivity index (χ1n) is 6.05. The van der Waals surface area contributed by atoms with Crippen LogP contribution < -0.4 is 14.4 Å². The second-order valence-corrected chi connectivity index (χ2v) is 5.62. The van der Waals surface area contributed by atoms with E-state index in [0.717, 1.165) is 21.0 Å². The largest absolute Gasteiger partial charge is 0.822 e. The number of benzene rings is 1. The van der Waals surface area contributed by atoms with Crippen molar-refractivity contribution in [3.05, 3.63) is 48.7 Å². The van der Waals surface area contributed by atoms with Gasteiger partial charge in [0.25, 0.3) is 4.83 Å². The van der Waals surface area contributed by atoms with Crippen LogP contribution in [0.3, 0.4) is 0 Å². The smallest absolute Gasteiger partial charge is 0.267 e. The van der Waals surface area contributed by atoms with Crippen molar-refractivity contribution < 1.29 is 9.51 Å². The summed E-state index contributed by atoms with van der Waals surface area (Å²) in [5.41, 5.74) is 2.11. The summed E-state index contributed by atoms with van der Waals surface area (Å²) in [6, 6.07) is 13.9. The Bertz CT molecular complexity index is 717. The summed E-state index contributed by atoms with van der Waals surface area (Å²) >= 11 is 1.53. The van der Waals surface area contributed by atoms with Crippen LogP contribution in [0.2, 0.25) is 0 Å². The third-order valence-electron chi connectivity index (χ3n) is 3.09. The highest BCUT2D eigenvalue weighted by atomic mass is 32.1. The van der Waals surface area contributed by atoms with Crippen LogP contribution in [-0.2, 0) is 0 Å². The Morgan fingerprint density at radius 1 is 1.05 bits per heavy atom. The zero-order chi connectivity index (χ0) is 13.4. The van der Waals surface area contributed by atoms with Crippen molar-refractivity contribution in [3.63, 3.8) is 0 Å². The SMILES string of the molecule is CN(C)c1ccc(-c2sc3cccc[n+]3c2[O-])cc1. The molecule has 0 fully saturated rings. The fourth-order valence-corrected chi connectivity index (χ4v) is 3.07. The molecule has 0 unspecified atom stereocenters. The summed E-state index contributed by atoms with van der Waals surface area (Å²) in [5, 5.41) is 12.3. The van der Waals surface area contributed by atoms with Gasteiger partial charge in [0.2, 0.25) is 0 Å². The van der Waals surface area contributed by atoms with Crippen LogP contribution in [0.25, 0.3) is 15.3 Å². The second-order valence-electron chi connectivity index (χ2n) is 4.59. The maximum Gasteiger partial charge on any atom is 0.267 e. The third kappa shape index (κ3) is 2.04. The van der Waals surface area contributed by atoms with Crippen LogP contribution in [0, 0.1) is 0 Å². The first-order valence-corrected chi connectivity index (χ1v) is 6.86. The minimum Gasteiger partial charge on any atom is -0.822 e.